The van der Waals surface area contributed by atoms with E-state index in [0.717, 1.165) is 62.6 Å². The molecule has 2 aromatic rings. The molecule has 3 aliphatic rings. The molecule has 0 saturated heterocycles. The minimum absolute atomic E-state index is 0.0173. The van der Waals surface area contributed by atoms with Crippen molar-refractivity contribution in [2.24, 2.45) is 0 Å². The Morgan fingerprint density at radius 2 is 1.96 bits per heavy atom. The van der Waals surface area contributed by atoms with E-state index >= 15 is 0 Å². The number of fused-ring (bicyclic) bond motifs is 3. The van der Waals surface area contributed by atoms with Crippen molar-refractivity contribution in [3.8, 4) is 11.5 Å². The van der Waals surface area contributed by atoms with E-state index in [0.29, 0.717) is 6.54 Å². The number of benzene rings is 2. The van der Waals surface area contributed by atoms with Crippen LogP contribution in [0.3, 0.4) is 0 Å². The lowest BCUT2D eigenvalue weighted by Gasteiger charge is -2.19. The molecule has 0 bridgehead atoms. The van der Waals surface area contributed by atoms with Crippen LogP contribution in [0.25, 0.3) is 0 Å². The van der Waals surface area contributed by atoms with Crippen molar-refractivity contribution in [2.45, 2.75) is 25.7 Å². The third-order valence-electron chi connectivity index (χ3n) is 5.54. The molecule has 3 heterocycles. The lowest BCUT2D eigenvalue weighted by Crippen LogP contribution is -2.39. The third kappa shape index (κ3) is 2.50. The number of urea groups is 1. The highest BCUT2D eigenvalue weighted by atomic mass is 16.5. The maximum atomic E-state index is 12.6. The molecule has 0 saturated carbocycles. The predicted molar refractivity (Wildman–Crippen MR) is 99.4 cm³/mol. The van der Waals surface area contributed by atoms with Gasteiger partial charge in [0.25, 0.3) is 0 Å². The highest BCUT2D eigenvalue weighted by Crippen LogP contribution is 2.40. The van der Waals surface area contributed by atoms with E-state index in [2.05, 4.69) is 17.4 Å². The fourth-order valence-electron chi connectivity index (χ4n) is 4.29. The van der Waals surface area contributed by atoms with Gasteiger partial charge >= 0.3 is 6.03 Å². The van der Waals surface area contributed by atoms with Crippen LogP contribution < -0.4 is 19.7 Å². The van der Waals surface area contributed by atoms with E-state index < -0.39 is 0 Å². The van der Waals surface area contributed by atoms with Gasteiger partial charge in [-0.25, -0.2) is 4.79 Å². The second-order valence-electron chi connectivity index (χ2n) is 7.03. The van der Waals surface area contributed by atoms with Crippen LogP contribution in [0.1, 0.15) is 22.3 Å². The number of nitrogens with zero attached hydrogens (tertiary/aromatic N) is 1. The predicted octanol–water partition coefficient (Wildman–Crippen LogP) is 2.87. The quantitative estimate of drug-likeness (QED) is 0.926. The molecule has 0 spiro atoms. The SMILES string of the molecule is O=C(NCCc1c2c(cc3c1OCC3)OCC2)N1CCc2ccccc21. The van der Waals surface area contributed by atoms with Crippen molar-refractivity contribution in [3.05, 3.63) is 52.6 Å². The zero-order valence-corrected chi connectivity index (χ0v) is 14.7. The first-order valence-electron chi connectivity index (χ1n) is 9.38. The summed E-state index contributed by atoms with van der Waals surface area (Å²) in [5.74, 6) is 2.03. The van der Waals surface area contributed by atoms with Crippen LogP contribution in [0.4, 0.5) is 10.5 Å². The molecular formula is C21H22N2O3. The van der Waals surface area contributed by atoms with Gasteiger partial charge in [-0.1, -0.05) is 18.2 Å². The minimum atomic E-state index is -0.0173. The Morgan fingerprint density at radius 3 is 2.92 bits per heavy atom. The van der Waals surface area contributed by atoms with Crippen molar-refractivity contribution in [3.63, 3.8) is 0 Å². The molecular weight excluding hydrogens is 328 g/mol. The number of rotatable bonds is 3. The highest BCUT2D eigenvalue weighted by Gasteiger charge is 2.27. The number of amides is 2. The molecule has 5 nitrogen and oxygen atoms in total. The standard InChI is InChI=1S/C21H22N2O3/c24-21(23-10-6-14-3-1-2-4-18(14)23)22-9-5-17-16-8-12-25-19(16)13-15-7-11-26-20(15)17/h1-4,13H,5-12H2,(H,22,24). The lowest BCUT2D eigenvalue weighted by molar-refractivity contribution is 0.247. The fraction of sp³-hybridized carbons (Fsp3) is 0.381. The first-order chi connectivity index (χ1) is 12.8. The highest BCUT2D eigenvalue weighted by molar-refractivity contribution is 5.94. The summed E-state index contributed by atoms with van der Waals surface area (Å²) in [5.41, 5.74) is 5.98. The minimum Gasteiger partial charge on any atom is -0.493 e. The van der Waals surface area contributed by atoms with Gasteiger partial charge in [0.05, 0.1) is 13.2 Å². The summed E-state index contributed by atoms with van der Waals surface area (Å²) in [6.45, 7) is 2.83. The van der Waals surface area contributed by atoms with Crippen molar-refractivity contribution < 1.29 is 14.3 Å². The van der Waals surface area contributed by atoms with Gasteiger partial charge in [0, 0.05) is 48.3 Å². The van der Waals surface area contributed by atoms with E-state index in [1.807, 2.05) is 23.1 Å². The molecule has 0 aromatic heterocycles. The number of nitrogens with one attached hydrogen (secondary N) is 1. The Hall–Kier alpha value is -2.69. The van der Waals surface area contributed by atoms with Crippen LogP contribution in [-0.2, 0) is 25.7 Å². The summed E-state index contributed by atoms with van der Waals surface area (Å²) in [6.07, 6.45) is 3.56. The van der Waals surface area contributed by atoms with E-state index in [-0.39, 0.29) is 6.03 Å². The van der Waals surface area contributed by atoms with Gasteiger partial charge in [-0.2, -0.15) is 0 Å². The number of carbonyl (C=O) groups is 1. The summed E-state index contributed by atoms with van der Waals surface area (Å²) in [6, 6.07) is 10.2. The van der Waals surface area contributed by atoms with Crippen molar-refractivity contribution >= 4 is 11.7 Å². The molecule has 2 aromatic carbocycles. The zero-order valence-electron chi connectivity index (χ0n) is 14.7. The number of hydrogen-bond acceptors (Lipinski definition) is 3. The second-order valence-corrected chi connectivity index (χ2v) is 7.03. The van der Waals surface area contributed by atoms with Crippen LogP contribution in [0.15, 0.2) is 30.3 Å². The fourth-order valence-corrected chi connectivity index (χ4v) is 4.29. The zero-order chi connectivity index (χ0) is 17.5. The Kier molecular flexibility index (Phi) is 3.73. The van der Waals surface area contributed by atoms with E-state index in [9.17, 15) is 4.79 Å². The number of para-hydroxylation sites is 1. The van der Waals surface area contributed by atoms with Gasteiger partial charge in [-0.05, 0) is 30.5 Å². The average molecular weight is 350 g/mol. The van der Waals surface area contributed by atoms with E-state index in [4.69, 9.17) is 9.47 Å². The molecule has 2 amide bonds. The van der Waals surface area contributed by atoms with Crippen molar-refractivity contribution in [2.75, 3.05) is 31.2 Å². The van der Waals surface area contributed by atoms with Crippen LogP contribution in [-0.4, -0.2) is 32.3 Å². The number of carbonyl (C=O) groups excluding carboxylic acids is 1. The van der Waals surface area contributed by atoms with Crippen LogP contribution in [0, 0.1) is 0 Å². The number of ether oxygens (including phenoxy) is 2. The van der Waals surface area contributed by atoms with Gasteiger partial charge in [-0.15, -0.1) is 0 Å². The van der Waals surface area contributed by atoms with E-state index in [1.54, 1.807) is 0 Å². The summed E-state index contributed by atoms with van der Waals surface area (Å²) >= 11 is 0. The molecule has 0 atom stereocenters. The Bertz CT molecular complexity index is 846. The van der Waals surface area contributed by atoms with Gasteiger partial charge < -0.3 is 14.8 Å². The van der Waals surface area contributed by atoms with Crippen LogP contribution in [0.5, 0.6) is 11.5 Å². The maximum absolute atomic E-state index is 12.6. The first kappa shape index (κ1) is 15.6. The summed E-state index contributed by atoms with van der Waals surface area (Å²) in [7, 11) is 0. The van der Waals surface area contributed by atoms with E-state index in [1.165, 1.54) is 22.3 Å². The molecule has 5 heteroatoms. The summed E-state index contributed by atoms with van der Waals surface area (Å²) in [4.78, 5) is 14.5. The topological polar surface area (TPSA) is 50.8 Å². The Balaban J connectivity index is 1.29. The molecule has 26 heavy (non-hydrogen) atoms. The first-order valence-corrected chi connectivity index (χ1v) is 9.38. The molecule has 0 radical (unpaired) electrons. The second kappa shape index (κ2) is 6.24. The van der Waals surface area contributed by atoms with Crippen molar-refractivity contribution in [1.29, 1.82) is 0 Å². The normalized spacial score (nSPS) is 16.5. The van der Waals surface area contributed by atoms with Crippen LogP contribution in [0.2, 0.25) is 0 Å². The van der Waals surface area contributed by atoms with Crippen molar-refractivity contribution in [1.82, 2.24) is 5.32 Å². The molecule has 5 rings (SSSR count). The largest absolute Gasteiger partial charge is 0.493 e. The summed E-state index contributed by atoms with van der Waals surface area (Å²) < 4.78 is 11.6. The molecule has 0 fully saturated rings. The molecule has 3 aliphatic heterocycles. The van der Waals surface area contributed by atoms with Crippen LogP contribution >= 0.6 is 0 Å². The summed E-state index contributed by atoms with van der Waals surface area (Å²) in [5, 5.41) is 3.09. The Morgan fingerprint density at radius 1 is 1.08 bits per heavy atom. The maximum Gasteiger partial charge on any atom is 0.321 e. The van der Waals surface area contributed by atoms with Gasteiger partial charge in [0.15, 0.2) is 0 Å². The van der Waals surface area contributed by atoms with Gasteiger partial charge in [-0.3, -0.25) is 4.90 Å². The number of hydrogen-bond donors (Lipinski definition) is 1. The molecule has 0 aliphatic carbocycles. The number of anilines is 1. The molecule has 0 unspecified atom stereocenters. The van der Waals surface area contributed by atoms with Gasteiger partial charge in [0.1, 0.15) is 11.5 Å². The average Bonchev–Trinajstić information content (AvgIpc) is 3.39. The molecule has 134 valence electrons. The smallest absolute Gasteiger partial charge is 0.321 e. The lowest BCUT2D eigenvalue weighted by atomic mass is 9.97. The molecule has 1 N–H and O–H groups in total. The van der Waals surface area contributed by atoms with Gasteiger partial charge in [0.2, 0.25) is 0 Å². The third-order valence-corrected chi connectivity index (χ3v) is 5.54. The monoisotopic (exact) mass is 350 g/mol. The Labute approximate surface area is 152 Å².